The molecule has 9 atom stereocenters. The third-order valence-electron chi connectivity index (χ3n) is 12.1. The lowest BCUT2D eigenvalue weighted by Gasteiger charge is -2.71. The molecule has 0 aromatic heterocycles. The molecule has 4 heteroatoms. The number of rotatable bonds is 1. The van der Waals surface area contributed by atoms with Gasteiger partial charge in [-0.25, -0.2) is 0 Å². The molecule has 0 spiro atoms. The van der Waals surface area contributed by atoms with Crippen LogP contribution in [0.2, 0.25) is 0 Å². The molecule has 0 aromatic rings. The highest BCUT2D eigenvalue weighted by Crippen LogP contribution is 2.75. The van der Waals surface area contributed by atoms with Gasteiger partial charge in [-0.1, -0.05) is 40.2 Å². The van der Waals surface area contributed by atoms with Crippen LogP contribution in [0.1, 0.15) is 105 Å². The number of ketones is 1. The van der Waals surface area contributed by atoms with Crippen LogP contribution in [0.25, 0.3) is 0 Å². The zero-order valence-electron chi connectivity index (χ0n) is 22.7. The molecule has 5 fully saturated rings. The van der Waals surface area contributed by atoms with Gasteiger partial charge in [-0.2, -0.15) is 0 Å². The summed E-state index contributed by atoms with van der Waals surface area (Å²) in [5.41, 5.74) is 0.392. The van der Waals surface area contributed by atoms with Gasteiger partial charge in [0.05, 0.1) is 5.41 Å². The molecule has 0 aromatic carbocycles. The van der Waals surface area contributed by atoms with Gasteiger partial charge in [0.15, 0.2) is 0 Å². The summed E-state index contributed by atoms with van der Waals surface area (Å²) in [6.07, 6.45) is 13.6. The van der Waals surface area contributed by atoms with E-state index in [1.165, 1.54) is 25.7 Å². The Kier molecular flexibility index (Phi) is 7.83. The van der Waals surface area contributed by atoms with Crippen LogP contribution in [0, 0.1) is 51.2 Å². The van der Waals surface area contributed by atoms with Crippen LogP contribution in [0.15, 0.2) is 12.7 Å². The summed E-state index contributed by atoms with van der Waals surface area (Å²) in [5, 5.41) is 17.2. The van der Waals surface area contributed by atoms with Gasteiger partial charge in [0.25, 0.3) is 0 Å². The molecule has 0 radical (unpaired) electrons. The van der Waals surface area contributed by atoms with E-state index >= 15 is 0 Å². The molecule has 5 rings (SSSR count). The van der Waals surface area contributed by atoms with Crippen LogP contribution >= 0.6 is 0 Å². The first-order valence-electron chi connectivity index (χ1n) is 13.8. The van der Waals surface area contributed by atoms with Gasteiger partial charge in [-0.05, 0) is 105 Å². The highest BCUT2D eigenvalue weighted by Gasteiger charge is 2.69. The second kappa shape index (κ2) is 9.71. The van der Waals surface area contributed by atoms with Crippen molar-refractivity contribution in [2.24, 2.45) is 51.2 Å². The molecule has 0 bridgehead atoms. The first kappa shape index (κ1) is 27.4. The van der Waals surface area contributed by atoms with Gasteiger partial charge in [0.1, 0.15) is 5.78 Å². The van der Waals surface area contributed by atoms with E-state index in [1.54, 1.807) is 6.08 Å². The monoisotopic (exact) mass is 474 g/mol. The molecule has 0 heterocycles. The Labute approximate surface area is 208 Å². The first-order valence-corrected chi connectivity index (χ1v) is 13.8. The van der Waals surface area contributed by atoms with E-state index in [0.717, 1.165) is 52.1 Å². The van der Waals surface area contributed by atoms with Crippen LogP contribution in [0.5, 0.6) is 0 Å². The third kappa shape index (κ3) is 3.64. The predicted octanol–water partition coefficient (Wildman–Crippen LogP) is 6.91. The summed E-state index contributed by atoms with van der Waals surface area (Å²) < 4.78 is 0. The largest absolute Gasteiger partial charge is 0.481 e. The van der Waals surface area contributed by atoms with Crippen LogP contribution in [0.4, 0.5) is 0 Å². The lowest BCUT2D eigenvalue weighted by atomic mass is 9.33. The number of hydrogen-bond acceptors (Lipinski definition) is 3. The molecule has 8 unspecified atom stereocenters. The van der Waals surface area contributed by atoms with Crippen molar-refractivity contribution >= 4 is 11.8 Å². The molecule has 4 nitrogen and oxygen atoms in total. The van der Waals surface area contributed by atoms with Crippen molar-refractivity contribution in [2.45, 2.75) is 105 Å². The highest BCUT2D eigenvalue weighted by atomic mass is 16.4. The van der Waals surface area contributed by atoms with Crippen LogP contribution < -0.4 is 0 Å². The Morgan fingerprint density at radius 3 is 2.18 bits per heavy atom. The summed E-state index contributed by atoms with van der Waals surface area (Å²) in [5.74, 6) is 2.40. The molecule has 0 saturated heterocycles. The average molecular weight is 475 g/mol. The topological polar surface area (TPSA) is 74.6 Å². The van der Waals surface area contributed by atoms with Crippen LogP contribution in [-0.2, 0) is 9.59 Å². The van der Waals surface area contributed by atoms with E-state index < -0.39 is 11.4 Å². The molecule has 0 aliphatic heterocycles. The number of aliphatic carboxylic acids is 1. The Morgan fingerprint density at radius 1 is 0.912 bits per heavy atom. The number of aliphatic hydroxyl groups is 1. The number of Topliss-reactive ketones (excluding diaryl/α,β-unsaturated/α-hetero) is 1. The van der Waals surface area contributed by atoms with Crippen molar-refractivity contribution in [1.29, 1.82) is 0 Å². The number of carboxylic acid groups (broad SMARTS) is 1. The average Bonchev–Trinajstić information content (AvgIpc) is 3.25. The second-order valence-corrected chi connectivity index (χ2v) is 12.8. The van der Waals surface area contributed by atoms with Crippen molar-refractivity contribution in [3.63, 3.8) is 0 Å². The molecule has 5 aliphatic carbocycles. The summed E-state index contributed by atoms with van der Waals surface area (Å²) in [4.78, 5) is 24.9. The van der Waals surface area contributed by atoms with E-state index in [4.69, 9.17) is 5.11 Å². The van der Waals surface area contributed by atoms with Gasteiger partial charge < -0.3 is 10.2 Å². The zero-order valence-corrected chi connectivity index (χ0v) is 22.7. The summed E-state index contributed by atoms with van der Waals surface area (Å²) in [6, 6.07) is 0. The van der Waals surface area contributed by atoms with Gasteiger partial charge in [-0.15, -0.1) is 6.58 Å². The predicted molar refractivity (Wildman–Crippen MR) is 137 cm³/mol. The maximum Gasteiger partial charge on any atom is 0.309 e. The first-order chi connectivity index (χ1) is 16.0. The quantitative estimate of drug-likeness (QED) is 0.405. The minimum atomic E-state index is -0.510. The van der Waals surface area contributed by atoms with Crippen molar-refractivity contribution in [1.82, 2.24) is 0 Å². The molecule has 5 aliphatic rings. The van der Waals surface area contributed by atoms with Crippen molar-refractivity contribution in [2.75, 3.05) is 7.11 Å². The van der Waals surface area contributed by atoms with E-state index in [1.807, 2.05) is 6.92 Å². The summed E-state index contributed by atoms with van der Waals surface area (Å²) in [7, 11) is 1.00. The fourth-order valence-electron chi connectivity index (χ4n) is 10.4. The van der Waals surface area contributed by atoms with Crippen LogP contribution in [0.3, 0.4) is 0 Å². The van der Waals surface area contributed by atoms with Gasteiger partial charge in [-0.3, -0.25) is 9.59 Å². The number of carbonyl (C=O) groups is 2. The molecule has 5 saturated carbocycles. The molecular weight excluding hydrogens is 424 g/mol. The van der Waals surface area contributed by atoms with Crippen molar-refractivity contribution in [3.8, 4) is 0 Å². The Hall–Kier alpha value is -1.16. The van der Waals surface area contributed by atoms with E-state index in [0.29, 0.717) is 29.5 Å². The SMILES string of the molecule is C=CC.CC1C(=O)CCC2(C)C1CCC1(C)C2CCC2C3CCCC3(C(=O)O)CC[C@]21C.CO. The fraction of sp³-hybridized carbons (Fsp3) is 0.867. The Morgan fingerprint density at radius 2 is 1.56 bits per heavy atom. The minimum absolute atomic E-state index is 0.227. The molecule has 194 valence electrons. The number of carbonyl (C=O) groups excluding carboxylic acids is 1. The molecule has 2 N–H and O–H groups in total. The summed E-state index contributed by atoms with van der Waals surface area (Å²) in [6.45, 7) is 15.1. The third-order valence-corrected chi connectivity index (χ3v) is 12.1. The molecule has 34 heavy (non-hydrogen) atoms. The second-order valence-electron chi connectivity index (χ2n) is 12.8. The Balaban J connectivity index is 0.000000603. The standard InChI is InChI=1S/C26H40O3.C3H6.CH4O/c1-16-17-9-13-25(4)21(23(17,2)12-10-20(16)27)8-7-18-19-6-5-11-26(19,22(28)29)15-14-24(18,25)3;1-3-2;1-2/h16-19,21H,5-15H2,1-4H3,(H,28,29);3H,1H2,2H3;2H,1H3/t16?,17?,18?,19?,21?,23?,24-,25?,26?;;/m1../s1. The normalized spacial score (nSPS) is 48.9. The number of hydrogen-bond donors (Lipinski definition) is 2. The fourth-order valence-corrected chi connectivity index (χ4v) is 10.4. The number of fused-ring (bicyclic) bond motifs is 7. The van der Waals surface area contributed by atoms with E-state index in [2.05, 4.69) is 34.3 Å². The zero-order chi connectivity index (χ0) is 25.5. The lowest BCUT2D eigenvalue weighted by Crippen LogP contribution is -2.65. The van der Waals surface area contributed by atoms with Gasteiger partial charge >= 0.3 is 5.97 Å². The minimum Gasteiger partial charge on any atom is -0.481 e. The highest BCUT2D eigenvalue weighted by molar-refractivity contribution is 5.82. The number of allylic oxidation sites excluding steroid dienone is 1. The van der Waals surface area contributed by atoms with Gasteiger partial charge in [0.2, 0.25) is 0 Å². The molecule has 0 amide bonds. The maximum absolute atomic E-state index is 12.5. The van der Waals surface area contributed by atoms with Crippen molar-refractivity contribution < 1.29 is 19.8 Å². The Bertz CT molecular complexity index is 791. The lowest BCUT2D eigenvalue weighted by molar-refractivity contribution is -0.226. The number of aliphatic hydroxyl groups excluding tert-OH is 1. The molecular formula is C30H50O4. The van der Waals surface area contributed by atoms with E-state index in [-0.39, 0.29) is 22.2 Å². The van der Waals surface area contributed by atoms with Gasteiger partial charge in [0, 0.05) is 19.4 Å². The van der Waals surface area contributed by atoms with Crippen molar-refractivity contribution in [3.05, 3.63) is 12.7 Å². The van der Waals surface area contributed by atoms with Crippen LogP contribution in [-0.4, -0.2) is 29.1 Å². The number of carboxylic acids is 1. The smallest absolute Gasteiger partial charge is 0.309 e. The summed E-state index contributed by atoms with van der Waals surface area (Å²) >= 11 is 0. The maximum atomic E-state index is 12.5. The van der Waals surface area contributed by atoms with E-state index in [9.17, 15) is 14.7 Å².